The zero-order valence-electron chi connectivity index (χ0n) is 21.8. The van der Waals surface area contributed by atoms with Crippen molar-refractivity contribution in [3.05, 3.63) is 84.2 Å². The van der Waals surface area contributed by atoms with Crippen molar-refractivity contribution < 1.29 is 23.5 Å². The molecular weight excluding hydrogens is 515 g/mol. The van der Waals surface area contributed by atoms with Gasteiger partial charge in [0.1, 0.15) is 24.6 Å². The van der Waals surface area contributed by atoms with Crippen LogP contribution in [-0.4, -0.2) is 57.9 Å². The molecule has 11 heteroatoms. The van der Waals surface area contributed by atoms with Gasteiger partial charge in [0.15, 0.2) is 5.82 Å². The Balaban J connectivity index is 1.20. The Morgan fingerprint density at radius 2 is 1.82 bits per heavy atom. The number of Topliss-reactive ketones (excluding diaryl/α,β-unsaturated/α-hetero) is 1. The summed E-state index contributed by atoms with van der Waals surface area (Å²) in [4.78, 5) is 50.8. The molecule has 6 rings (SSSR count). The molecule has 2 aliphatic heterocycles. The van der Waals surface area contributed by atoms with Crippen LogP contribution < -0.4 is 19.9 Å². The fourth-order valence-corrected chi connectivity index (χ4v) is 5.15. The molecule has 10 nitrogen and oxygen atoms in total. The van der Waals surface area contributed by atoms with E-state index >= 15 is 0 Å². The maximum atomic E-state index is 13.3. The highest BCUT2D eigenvalue weighted by Gasteiger charge is 2.39. The van der Waals surface area contributed by atoms with E-state index in [4.69, 9.17) is 4.74 Å². The fraction of sp³-hybridized carbons (Fsp3) is 0.207. The molecule has 40 heavy (non-hydrogen) atoms. The number of hydrogen-bond acceptors (Lipinski definition) is 7. The summed E-state index contributed by atoms with van der Waals surface area (Å²) in [6, 6.07) is 15.9. The van der Waals surface area contributed by atoms with Crippen molar-refractivity contribution in [2.75, 3.05) is 34.8 Å². The average Bonchev–Trinajstić information content (AvgIpc) is 3.26. The molecule has 0 spiro atoms. The summed E-state index contributed by atoms with van der Waals surface area (Å²) in [6.45, 7) is 2.51. The summed E-state index contributed by atoms with van der Waals surface area (Å²) in [6.07, 6.45) is 2.13. The number of anilines is 3. The van der Waals surface area contributed by atoms with E-state index in [9.17, 15) is 18.8 Å². The number of fused-ring (bicyclic) bond motifs is 3. The normalized spacial score (nSPS) is 16.2. The highest BCUT2D eigenvalue weighted by molar-refractivity contribution is 6.47. The predicted molar refractivity (Wildman–Crippen MR) is 146 cm³/mol. The first-order chi connectivity index (χ1) is 19.3. The molecule has 2 amide bonds. The minimum atomic E-state index is -0.781. The Morgan fingerprint density at radius 1 is 1.07 bits per heavy atom. The number of ether oxygens (including phenoxy) is 1. The molecule has 2 aromatic heterocycles. The number of aryl methyl sites for hydroxylation is 1. The third-order valence-corrected chi connectivity index (χ3v) is 7.17. The number of piperazine rings is 1. The summed E-state index contributed by atoms with van der Waals surface area (Å²) < 4.78 is 20.9. The summed E-state index contributed by atoms with van der Waals surface area (Å²) in [7, 11) is 1.75. The van der Waals surface area contributed by atoms with Crippen molar-refractivity contribution in [1.29, 1.82) is 0 Å². The predicted octanol–water partition coefficient (Wildman–Crippen LogP) is 3.37. The zero-order valence-corrected chi connectivity index (χ0v) is 21.8. The molecule has 1 fully saturated rings. The first-order valence-corrected chi connectivity index (χ1v) is 12.7. The van der Waals surface area contributed by atoms with E-state index < -0.39 is 17.5 Å². The second kappa shape index (κ2) is 9.92. The van der Waals surface area contributed by atoms with Gasteiger partial charge in [-0.3, -0.25) is 19.3 Å². The van der Waals surface area contributed by atoms with E-state index in [-0.39, 0.29) is 31.0 Å². The molecule has 0 saturated carbocycles. The number of nitrogens with one attached hydrogen (secondary N) is 1. The van der Waals surface area contributed by atoms with E-state index in [2.05, 4.69) is 15.3 Å². The first kappa shape index (κ1) is 25.2. The number of aromatic nitrogens is 3. The fourth-order valence-electron chi connectivity index (χ4n) is 5.15. The second-order valence-corrected chi connectivity index (χ2v) is 9.75. The number of hydrogen-bond donors (Lipinski definition) is 1. The number of amides is 2. The van der Waals surface area contributed by atoms with Gasteiger partial charge >= 0.3 is 0 Å². The Hall–Kier alpha value is -5.06. The van der Waals surface area contributed by atoms with Gasteiger partial charge in [-0.15, -0.1) is 0 Å². The molecule has 1 atom stereocenters. The van der Waals surface area contributed by atoms with E-state index in [1.165, 1.54) is 0 Å². The largest absolute Gasteiger partial charge is 0.489 e. The van der Waals surface area contributed by atoms with Crippen molar-refractivity contribution >= 4 is 34.9 Å². The van der Waals surface area contributed by atoms with Gasteiger partial charge in [-0.25, -0.2) is 14.4 Å². The molecule has 0 radical (unpaired) electrons. The number of halogens is 1. The first-order valence-electron chi connectivity index (χ1n) is 12.7. The molecule has 1 N–H and O–H groups in total. The van der Waals surface area contributed by atoms with Crippen LogP contribution in [0.15, 0.2) is 67.0 Å². The van der Waals surface area contributed by atoms with E-state index in [1.54, 1.807) is 39.6 Å². The number of ketones is 1. The summed E-state index contributed by atoms with van der Waals surface area (Å²) in [5.41, 5.74) is 3.61. The summed E-state index contributed by atoms with van der Waals surface area (Å²) in [5, 5.41) is 2.68. The third kappa shape index (κ3) is 4.45. The molecule has 202 valence electrons. The van der Waals surface area contributed by atoms with Crippen molar-refractivity contribution in [3.8, 4) is 16.9 Å². The molecule has 1 saturated heterocycles. The van der Waals surface area contributed by atoms with Crippen molar-refractivity contribution in [1.82, 2.24) is 14.5 Å². The monoisotopic (exact) mass is 540 g/mol. The third-order valence-electron chi connectivity index (χ3n) is 7.17. The number of carbonyl (C=O) groups is 3. The highest BCUT2D eigenvalue weighted by Crippen LogP contribution is 2.38. The van der Waals surface area contributed by atoms with Crippen LogP contribution in [-0.2, 0) is 16.6 Å². The van der Waals surface area contributed by atoms with E-state index in [0.29, 0.717) is 34.9 Å². The van der Waals surface area contributed by atoms with Crippen LogP contribution in [0.3, 0.4) is 0 Å². The van der Waals surface area contributed by atoms with Gasteiger partial charge in [0.2, 0.25) is 11.9 Å². The van der Waals surface area contributed by atoms with Gasteiger partial charge in [-0.2, -0.15) is 0 Å². The minimum absolute atomic E-state index is 0.0222. The van der Waals surface area contributed by atoms with Gasteiger partial charge in [0.05, 0.1) is 24.1 Å². The molecule has 4 aromatic rings. The molecule has 4 heterocycles. The second-order valence-electron chi connectivity index (χ2n) is 9.75. The van der Waals surface area contributed by atoms with Crippen molar-refractivity contribution in [2.45, 2.75) is 13.0 Å². The van der Waals surface area contributed by atoms with E-state index in [0.717, 1.165) is 23.7 Å². The number of benzene rings is 2. The smallest absolute Gasteiger partial charge is 0.298 e. The van der Waals surface area contributed by atoms with Gasteiger partial charge in [0.25, 0.3) is 11.7 Å². The lowest BCUT2D eigenvalue weighted by molar-refractivity contribution is -0.119. The number of rotatable bonds is 5. The zero-order chi connectivity index (χ0) is 28.0. The lowest BCUT2D eigenvalue weighted by Crippen LogP contribution is -2.60. The van der Waals surface area contributed by atoms with Gasteiger partial charge in [-0.1, -0.05) is 30.3 Å². The van der Waals surface area contributed by atoms with Crippen molar-refractivity contribution in [3.63, 3.8) is 0 Å². The van der Waals surface area contributed by atoms with Crippen LogP contribution in [0.4, 0.5) is 21.7 Å². The van der Waals surface area contributed by atoms with Gasteiger partial charge < -0.3 is 19.5 Å². The highest BCUT2D eigenvalue weighted by atomic mass is 19.1. The van der Waals surface area contributed by atoms with Crippen LogP contribution in [0, 0.1) is 12.7 Å². The molecule has 0 bridgehead atoms. The SMILES string of the molecule is Cc1cc(-c2ccccc2)c(C(=O)C(=O)Nc2ccc3c(c2)OC[C@H]2CN(c4ncc(F)cn4)CC(=O)N32)n1C. The van der Waals surface area contributed by atoms with Crippen LogP contribution in [0.2, 0.25) is 0 Å². The topological polar surface area (TPSA) is 110 Å². The molecule has 0 aliphatic carbocycles. The standard InChI is InChI=1S/C29H25FN6O4/c1-17-10-22(18-6-4-3-5-7-18)26(34(17)2)27(38)28(39)33-20-8-9-23-24(11-20)40-16-21-14-35(15-25(37)36(21)23)29-31-12-19(30)13-32-29/h3-13,21H,14-16H2,1-2H3,(H,33,39)/t21-/m1/s1. The van der Waals surface area contributed by atoms with Gasteiger partial charge in [-0.05, 0) is 30.7 Å². The Bertz CT molecular complexity index is 1640. The Kier molecular flexibility index (Phi) is 6.25. The van der Waals surface area contributed by atoms with Gasteiger partial charge in [0, 0.05) is 36.6 Å². The molecular formula is C29H25FN6O4. The van der Waals surface area contributed by atoms with Crippen molar-refractivity contribution in [2.24, 2.45) is 7.05 Å². The quantitative estimate of drug-likeness (QED) is 0.305. The Morgan fingerprint density at radius 3 is 2.58 bits per heavy atom. The molecule has 2 aliphatic rings. The van der Waals surface area contributed by atoms with Crippen LogP contribution >= 0.6 is 0 Å². The Labute approximate surface area is 229 Å². The average molecular weight is 541 g/mol. The summed E-state index contributed by atoms with van der Waals surface area (Å²) in [5.74, 6) is -1.50. The van der Waals surface area contributed by atoms with E-state index in [1.807, 2.05) is 43.3 Å². The lowest BCUT2D eigenvalue weighted by atomic mass is 10.0. The lowest BCUT2D eigenvalue weighted by Gasteiger charge is -2.43. The molecule has 2 aromatic carbocycles. The maximum Gasteiger partial charge on any atom is 0.298 e. The van der Waals surface area contributed by atoms with Crippen LogP contribution in [0.25, 0.3) is 11.1 Å². The number of carbonyl (C=O) groups excluding carboxylic acids is 3. The number of nitrogens with zero attached hydrogens (tertiary/aromatic N) is 5. The minimum Gasteiger partial charge on any atom is -0.489 e. The molecule has 0 unspecified atom stereocenters. The van der Waals surface area contributed by atoms with Crippen LogP contribution in [0.5, 0.6) is 5.75 Å². The van der Waals surface area contributed by atoms with Crippen LogP contribution in [0.1, 0.15) is 16.2 Å². The maximum absolute atomic E-state index is 13.3. The summed E-state index contributed by atoms with van der Waals surface area (Å²) >= 11 is 0.